The summed E-state index contributed by atoms with van der Waals surface area (Å²) >= 11 is 0. The highest BCUT2D eigenvalue weighted by atomic mass is 16.7. The lowest BCUT2D eigenvalue weighted by Crippen LogP contribution is -2.65. The van der Waals surface area contributed by atoms with Crippen LogP contribution in [0.25, 0.3) is 17.1 Å². The smallest absolute Gasteiger partial charge is 0.311 e. The predicted octanol–water partition coefficient (Wildman–Crippen LogP) is 6.21. The molecule has 1 aliphatic rings. The minimum Gasteiger partial charge on any atom is -0.462 e. The summed E-state index contributed by atoms with van der Waals surface area (Å²) in [4.78, 5) is 71.4. The Morgan fingerprint density at radius 3 is 1.98 bits per heavy atom. The Kier molecular flexibility index (Phi) is 14.4. The summed E-state index contributed by atoms with van der Waals surface area (Å²) in [6.07, 6.45) is -2.00. The van der Waals surface area contributed by atoms with Crippen molar-refractivity contribution < 1.29 is 63.0 Å². The van der Waals surface area contributed by atoms with Crippen LogP contribution in [0.5, 0.6) is 5.88 Å². The van der Waals surface area contributed by atoms with Crippen LogP contribution in [0, 0.1) is 21.7 Å². The lowest BCUT2D eigenvalue weighted by Gasteiger charge is -2.45. The molecule has 1 fully saturated rings. The van der Waals surface area contributed by atoms with E-state index in [1.54, 1.807) is 25.3 Å². The highest BCUT2D eigenvalue weighted by Gasteiger charge is 2.56. The van der Waals surface area contributed by atoms with Crippen LogP contribution in [-0.4, -0.2) is 100 Å². The highest BCUT2D eigenvalue weighted by Crippen LogP contribution is 2.36. The summed E-state index contributed by atoms with van der Waals surface area (Å²) in [6.45, 7) is 11.2. The lowest BCUT2D eigenvalue weighted by atomic mass is 9.93. The molecule has 1 saturated heterocycles. The molecule has 3 heterocycles. The average Bonchev–Trinajstić information content (AvgIpc) is 3.72. The number of aliphatic hydroxyl groups is 1. The molecule has 16 nitrogen and oxygen atoms in total. The molecule has 0 radical (unpaired) electrons. The maximum absolute atomic E-state index is 13.9. The van der Waals surface area contributed by atoms with Crippen LogP contribution >= 0.6 is 0 Å². The fraction of sp³-hybridized carbons (Fsp3) is 0.596. The summed E-state index contributed by atoms with van der Waals surface area (Å²) in [5.41, 5.74) is -2.54. The molecule has 0 bridgehead atoms. The first-order chi connectivity index (χ1) is 31.4. The summed E-state index contributed by atoms with van der Waals surface area (Å²) in [6, 6.07) is 9.22. The second-order valence-electron chi connectivity index (χ2n) is 18.6. The molecule has 0 spiro atoms. The monoisotopic (exact) mass is 882 g/mol. The van der Waals surface area contributed by atoms with E-state index in [9.17, 15) is 29.1 Å². The number of pyridine rings is 1. The number of esters is 4. The number of rotatable bonds is 15. The third kappa shape index (κ3) is 14.1. The number of ether oxygens (including phenoxy) is 6. The number of hydrogen-bond acceptors (Lipinski definition) is 14. The average molecular weight is 883 g/mol. The zero-order valence-corrected chi connectivity index (χ0v) is 37.8. The molecule has 1 unspecified atom stereocenters. The number of H-pyrrole nitrogens is 1. The maximum Gasteiger partial charge on any atom is 0.311 e. The van der Waals surface area contributed by atoms with Gasteiger partial charge in [0.1, 0.15) is 12.7 Å². The molecule has 1 aliphatic heterocycles. The first kappa shape index (κ1) is 44.3. The highest BCUT2D eigenvalue weighted by molar-refractivity contribution is 5.84. The predicted molar refractivity (Wildman–Crippen MR) is 234 cm³/mol. The molecule has 2 aromatic heterocycles. The number of aryl methyl sites for hydroxylation is 2. The number of hydrogen-bond donors (Lipinski definition) is 3. The first-order valence-corrected chi connectivity index (χ1v) is 20.7. The quantitative estimate of drug-likeness (QED) is 0.114. The summed E-state index contributed by atoms with van der Waals surface area (Å²) in [5, 5.41) is 19.6. The Morgan fingerprint density at radius 2 is 1.40 bits per heavy atom. The zero-order chi connectivity index (χ0) is 49.9. The van der Waals surface area contributed by atoms with E-state index < -0.39 is 104 Å². The van der Waals surface area contributed by atoms with Crippen molar-refractivity contribution in [2.75, 3.05) is 13.2 Å². The number of nitrogens with zero attached hydrogens (tertiary/aromatic N) is 2. The van der Waals surface area contributed by atoms with Crippen LogP contribution in [0.2, 0.25) is 0 Å². The maximum atomic E-state index is 13.9. The number of aromatic nitrogens is 3. The van der Waals surface area contributed by atoms with Crippen molar-refractivity contribution in [3.63, 3.8) is 0 Å². The minimum absolute atomic E-state index is 0.0600. The Bertz CT molecular complexity index is 2210. The fourth-order valence-corrected chi connectivity index (χ4v) is 5.86. The van der Waals surface area contributed by atoms with Crippen LogP contribution in [0.1, 0.15) is 119 Å². The summed E-state index contributed by atoms with van der Waals surface area (Å²) in [5.74, 6) is -3.81. The molecule has 1 aromatic carbocycles. The van der Waals surface area contributed by atoms with Crippen LogP contribution in [0.3, 0.4) is 0 Å². The second-order valence-corrected chi connectivity index (χ2v) is 18.6. The fourth-order valence-electron chi connectivity index (χ4n) is 5.86. The molecule has 346 valence electrons. The molecular formula is C47H66N4O12. The Labute approximate surface area is 375 Å². The normalized spacial score (nSPS) is 21.0. The second kappa shape index (κ2) is 20.4. The molecule has 3 aromatic rings. The Morgan fingerprint density at radius 1 is 0.825 bits per heavy atom. The SMILES string of the molecule is [2H]CC(C)(C)C(=O)OC[C@H]1OC(Oc2n[nH]c3nccc(CCc4ccc(/C=C/CC(=O)N[C@@H](C)CO)cc4)c23)[C@H](OC(=O)C(C)(C)C[2H])[C@@H](OC(=O)C(C)(C)C[2H])[C@@H]1OC(=O)C(C)(C)C[2H]. The van der Waals surface area contributed by atoms with Gasteiger partial charge in [-0.1, -0.05) is 36.4 Å². The van der Waals surface area contributed by atoms with E-state index in [-0.39, 0.29) is 37.8 Å². The van der Waals surface area contributed by atoms with Gasteiger partial charge in [-0.25, -0.2) is 4.98 Å². The van der Waals surface area contributed by atoms with Gasteiger partial charge >= 0.3 is 23.9 Å². The van der Waals surface area contributed by atoms with Gasteiger partial charge in [-0.15, -0.1) is 5.10 Å². The van der Waals surface area contributed by atoms with E-state index in [1.165, 1.54) is 55.4 Å². The van der Waals surface area contributed by atoms with Crippen molar-refractivity contribution in [1.82, 2.24) is 20.5 Å². The van der Waals surface area contributed by atoms with Crippen molar-refractivity contribution in [1.29, 1.82) is 0 Å². The van der Waals surface area contributed by atoms with Gasteiger partial charge in [0.2, 0.25) is 24.2 Å². The van der Waals surface area contributed by atoms with Gasteiger partial charge in [-0.2, -0.15) is 0 Å². The van der Waals surface area contributed by atoms with Gasteiger partial charge in [-0.05, 0) is 126 Å². The zero-order valence-electron chi connectivity index (χ0n) is 41.8. The van der Waals surface area contributed by atoms with Crippen molar-refractivity contribution in [2.45, 2.75) is 146 Å². The number of nitrogens with one attached hydrogen (secondary N) is 2. The van der Waals surface area contributed by atoms with Gasteiger partial charge in [-0.3, -0.25) is 29.1 Å². The third-order valence-corrected chi connectivity index (χ3v) is 9.61. The molecule has 0 saturated carbocycles. The standard InChI is InChI=1S/C47H66N4O12/c1-27(25-52)49-32(53)16-14-15-28-17-19-29(20-18-28)21-22-30-23-24-48-37-33(30)38(51-50-37)63-39-36(62-43(57)47(11,12)13)35(61-42(56)46(8,9)10)34(60-41(55)45(5,6)7)31(59-39)26-58-40(54)44(2,3)4/h14-15,17-20,23-24,27,31,34-36,39,52H,16,21-22,25-26H2,1-13H3,(H,49,53)(H,48,50,51)/b15-14+/t27-,31+,34+,35-,36+,39?/m0/s1/i2D,5D,8D,11D. The minimum atomic E-state index is -1.74. The van der Waals surface area contributed by atoms with Crippen LogP contribution in [-0.2, 0) is 60.5 Å². The van der Waals surface area contributed by atoms with Crippen LogP contribution < -0.4 is 10.1 Å². The molecule has 4 rings (SSSR count). The van der Waals surface area contributed by atoms with E-state index >= 15 is 0 Å². The van der Waals surface area contributed by atoms with Crippen molar-refractivity contribution in [3.05, 3.63) is 59.3 Å². The van der Waals surface area contributed by atoms with Crippen molar-refractivity contribution >= 4 is 46.9 Å². The van der Waals surface area contributed by atoms with E-state index in [4.69, 9.17) is 33.9 Å². The van der Waals surface area contributed by atoms with Gasteiger partial charge in [0.25, 0.3) is 0 Å². The van der Waals surface area contributed by atoms with E-state index in [0.717, 1.165) is 16.7 Å². The number of benzene rings is 1. The van der Waals surface area contributed by atoms with Crippen molar-refractivity contribution in [3.8, 4) is 5.88 Å². The van der Waals surface area contributed by atoms with E-state index in [0.29, 0.717) is 23.9 Å². The molecule has 63 heavy (non-hydrogen) atoms. The molecular weight excluding hydrogens is 813 g/mol. The van der Waals surface area contributed by atoms with Gasteiger partial charge in [0.15, 0.2) is 17.9 Å². The number of carbonyl (C=O) groups excluding carboxylic acids is 5. The molecule has 1 amide bonds. The number of amides is 1. The van der Waals surface area contributed by atoms with Gasteiger partial charge < -0.3 is 38.8 Å². The summed E-state index contributed by atoms with van der Waals surface area (Å²) < 4.78 is 68.8. The van der Waals surface area contributed by atoms with Gasteiger partial charge in [0.05, 0.1) is 33.7 Å². The molecule has 16 heteroatoms. The van der Waals surface area contributed by atoms with Crippen molar-refractivity contribution in [2.24, 2.45) is 21.7 Å². The van der Waals surface area contributed by atoms with E-state index in [2.05, 4.69) is 20.5 Å². The van der Waals surface area contributed by atoms with E-state index in [1.807, 2.05) is 30.3 Å². The van der Waals surface area contributed by atoms with Gasteiger partial charge in [0, 0.05) is 24.1 Å². The topological polar surface area (TPSA) is 215 Å². The largest absolute Gasteiger partial charge is 0.462 e. The lowest BCUT2D eigenvalue weighted by molar-refractivity contribution is -0.294. The first-order valence-electron chi connectivity index (χ1n) is 23.5. The number of aliphatic hydroxyl groups excluding tert-OH is 1. The van der Waals surface area contributed by atoms with Crippen LogP contribution in [0.4, 0.5) is 0 Å². The Hall–Kier alpha value is -5.35. The Balaban J connectivity index is 1.77. The molecule has 3 N–H and O–H groups in total. The van der Waals surface area contributed by atoms with Crippen LogP contribution in [0.15, 0.2) is 42.6 Å². The molecule has 0 aliphatic carbocycles. The molecule has 6 atom stereocenters. The number of fused-ring (bicyclic) bond motifs is 1. The number of carbonyl (C=O) groups is 5. The third-order valence-electron chi connectivity index (χ3n) is 9.61. The number of aromatic amines is 1. The summed E-state index contributed by atoms with van der Waals surface area (Å²) in [7, 11) is 0.